The van der Waals surface area contributed by atoms with Crippen molar-refractivity contribution in [1.82, 2.24) is 29.9 Å². The van der Waals surface area contributed by atoms with Gasteiger partial charge in [-0.2, -0.15) is 10.5 Å². The fourth-order valence-electron chi connectivity index (χ4n) is 6.35. The minimum Gasteiger partial charge on any atom is -0.497 e. The number of benzene rings is 4. The maximum Gasteiger partial charge on any atom is 0.125 e. The standard InChI is InChI=1S/C40H24F2N8O/c1-21-5-3-4-6-26(21)38-36-35(39(50-38)27(17-43)33-19-45-31-15-23(41)9-13-29(31)47-33)37(22-7-11-25(51-2)12-8-22)49-40(36)28(18-44)34-20-46-32-16-24(42)10-14-30(32)48-34/h3-16,19-20,49-50H,1-2H3/b39-27-,40-28-. The highest BCUT2D eigenvalue weighted by molar-refractivity contribution is 6.08. The molecule has 51 heavy (non-hydrogen) atoms. The van der Waals surface area contributed by atoms with E-state index >= 15 is 0 Å². The Kier molecular flexibility index (Phi) is 7.51. The second kappa shape index (κ2) is 12.3. The largest absolute Gasteiger partial charge is 0.497 e. The molecule has 0 fully saturated rings. The van der Waals surface area contributed by atoms with E-state index in [2.05, 4.69) is 32.1 Å². The smallest absolute Gasteiger partial charge is 0.125 e. The summed E-state index contributed by atoms with van der Waals surface area (Å²) >= 11 is 0. The van der Waals surface area contributed by atoms with Gasteiger partial charge in [-0.25, -0.2) is 18.7 Å². The highest BCUT2D eigenvalue weighted by Crippen LogP contribution is 2.34. The van der Waals surface area contributed by atoms with Gasteiger partial charge in [0.05, 0.1) is 63.7 Å². The summed E-state index contributed by atoms with van der Waals surface area (Å²) in [6.07, 6.45) is 2.89. The topological polar surface area (TPSA) is 140 Å². The fourth-order valence-corrected chi connectivity index (χ4v) is 6.35. The molecular weight excluding hydrogens is 646 g/mol. The molecule has 0 aliphatic heterocycles. The molecule has 9 nitrogen and oxygen atoms in total. The number of aromatic amines is 2. The number of nitrogens with zero attached hydrogens (tertiary/aromatic N) is 6. The van der Waals surface area contributed by atoms with Crippen molar-refractivity contribution in [1.29, 1.82) is 10.5 Å². The van der Waals surface area contributed by atoms with E-state index in [0.29, 0.717) is 60.7 Å². The lowest BCUT2D eigenvalue weighted by Gasteiger charge is -2.05. The van der Waals surface area contributed by atoms with E-state index in [4.69, 9.17) is 14.7 Å². The molecule has 0 unspecified atom stereocenters. The van der Waals surface area contributed by atoms with Gasteiger partial charge in [-0.05, 0) is 66.6 Å². The number of fused-ring (bicyclic) bond motifs is 3. The number of aromatic nitrogens is 6. The molecule has 8 aromatic rings. The lowest BCUT2D eigenvalue weighted by atomic mass is 10.0. The number of rotatable bonds is 5. The van der Waals surface area contributed by atoms with Gasteiger partial charge in [0.1, 0.15) is 52.1 Å². The number of hydrogen-bond donors (Lipinski definition) is 2. The summed E-state index contributed by atoms with van der Waals surface area (Å²) in [7, 11) is 1.58. The molecule has 4 aromatic carbocycles. The molecule has 8 rings (SSSR count). The van der Waals surface area contributed by atoms with Gasteiger partial charge in [-0.3, -0.25) is 9.97 Å². The van der Waals surface area contributed by atoms with Crippen LogP contribution in [-0.4, -0.2) is 37.0 Å². The van der Waals surface area contributed by atoms with E-state index in [1.54, 1.807) is 7.11 Å². The van der Waals surface area contributed by atoms with Crippen LogP contribution >= 0.6 is 0 Å². The molecule has 0 radical (unpaired) electrons. The van der Waals surface area contributed by atoms with Crippen LogP contribution in [0.1, 0.15) is 17.0 Å². The number of nitriles is 2. The van der Waals surface area contributed by atoms with Crippen LogP contribution < -0.4 is 15.4 Å². The fraction of sp³-hybridized carbons (Fsp3) is 0.0500. The number of nitrogens with one attached hydrogen (secondary N) is 2. The second-order valence-corrected chi connectivity index (χ2v) is 11.8. The van der Waals surface area contributed by atoms with Crippen molar-refractivity contribution in [3.63, 3.8) is 0 Å². The third-order valence-corrected chi connectivity index (χ3v) is 8.79. The van der Waals surface area contributed by atoms with Crippen molar-refractivity contribution in [2.45, 2.75) is 6.92 Å². The minimum atomic E-state index is -0.445. The van der Waals surface area contributed by atoms with E-state index in [-0.39, 0.29) is 22.5 Å². The zero-order valence-electron chi connectivity index (χ0n) is 27.1. The number of hydrogen-bond acceptors (Lipinski definition) is 7. The van der Waals surface area contributed by atoms with Crippen LogP contribution in [0.15, 0.2) is 97.3 Å². The lowest BCUT2D eigenvalue weighted by Crippen LogP contribution is -2.12. The van der Waals surface area contributed by atoms with Crippen molar-refractivity contribution in [2.24, 2.45) is 0 Å². The molecule has 0 saturated carbocycles. The van der Waals surface area contributed by atoms with Gasteiger partial charge in [0, 0.05) is 28.5 Å². The Balaban J connectivity index is 1.56. The number of methoxy groups -OCH3 is 1. The van der Waals surface area contributed by atoms with E-state index in [9.17, 15) is 19.3 Å². The molecule has 0 aliphatic carbocycles. The number of H-pyrrole nitrogens is 2. The summed E-state index contributed by atoms with van der Waals surface area (Å²) in [5.41, 5.74) is 6.25. The first kappa shape index (κ1) is 31.1. The average Bonchev–Trinajstić information content (AvgIpc) is 3.72. The Labute approximate surface area is 288 Å². The van der Waals surface area contributed by atoms with Gasteiger partial charge in [0.2, 0.25) is 0 Å². The summed E-state index contributed by atoms with van der Waals surface area (Å²) in [6, 6.07) is 28.1. The van der Waals surface area contributed by atoms with Crippen LogP contribution in [0.3, 0.4) is 0 Å². The summed E-state index contributed by atoms with van der Waals surface area (Å²) in [6.45, 7) is 1.98. The van der Waals surface area contributed by atoms with Crippen LogP contribution in [0.5, 0.6) is 5.75 Å². The monoisotopic (exact) mass is 670 g/mol. The Morgan fingerprint density at radius 3 is 1.73 bits per heavy atom. The molecule has 0 atom stereocenters. The maximum absolute atomic E-state index is 14.0. The first-order valence-electron chi connectivity index (χ1n) is 15.7. The maximum atomic E-state index is 14.0. The summed E-state index contributed by atoms with van der Waals surface area (Å²) in [5, 5.41) is 23.7. The van der Waals surface area contributed by atoms with Gasteiger partial charge in [-0.15, -0.1) is 0 Å². The van der Waals surface area contributed by atoms with Crippen LogP contribution in [-0.2, 0) is 0 Å². The number of ether oxygens (including phenoxy) is 1. The van der Waals surface area contributed by atoms with Crippen molar-refractivity contribution in [3.05, 3.63) is 137 Å². The molecular formula is C40H24F2N8O. The van der Waals surface area contributed by atoms with Gasteiger partial charge in [-0.1, -0.05) is 24.3 Å². The number of aryl methyl sites for hydroxylation is 1. The van der Waals surface area contributed by atoms with E-state index in [1.165, 1.54) is 48.8 Å². The van der Waals surface area contributed by atoms with Gasteiger partial charge >= 0.3 is 0 Å². The molecule has 0 amide bonds. The highest BCUT2D eigenvalue weighted by Gasteiger charge is 2.24. The van der Waals surface area contributed by atoms with E-state index in [1.807, 2.05) is 55.5 Å². The molecule has 2 N–H and O–H groups in total. The van der Waals surface area contributed by atoms with Crippen LogP contribution in [0.2, 0.25) is 0 Å². The van der Waals surface area contributed by atoms with E-state index < -0.39 is 11.6 Å². The summed E-state index contributed by atoms with van der Waals surface area (Å²) in [4.78, 5) is 25.3. The van der Waals surface area contributed by atoms with Gasteiger partial charge < -0.3 is 14.7 Å². The van der Waals surface area contributed by atoms with Crippen molar-refractivity contribution >= 4 is 44.0 Å². The Morgan fingerprint density at radius 2 is 1.20 bits per heavy atom. The van der Waals surface area contributed by atoms with Crippen molar-refractivity contribution in [3.8, 4) is 40.4 Å². The lowest BCUT2D eigenvalue weighted by molar-refractivity contribution is 0.415. The Bertz CT molecular complexity index is 2810. The van der Waals surface area contributed by atoms with E-state index in [0.717, 1.165) is 16.7 Å². The Hall–Kier alpha value is -7.24. The quantitative estimate of drug-likeness (QED) is 0.206. The first-order chi connectivity index (χ1) is 24.9. The minimum absolute atomic E-state index is 0.185. The van der Waals surface area contributed by atoms with Crippen LogP contribution in [0.25, 0.3) is 66.5 Å². The number of halogens is 2. The molecule has 4 aromatic heterocycles. The SMILES string of the molecule is COc1ccc(-c2[nH]/c(=C(/C#N)c3cnc4cc(F)ccc4n3)c3c(-c4ccccc4C)[nH]/c(=C(/C#N)c4cnc5cc(F)ccc5n4)c23)cc1. The summed E-state index contributed by atoms with van der Waals surface area (Å²) < 4.78 is 33.4. The normalized spacial score (nSPS) is 12.5. The molecule has 0 aliphatic rings. The molecule has 4 heterocycles. The second-order valence-electron chi connectivity index (χ2n) is 11.8. The third kappa shape index (κ3) is 5.30. The molecule has 0 saturated heterocycles. The van der Waals surface area contributed by atoms with Crippen LogP contribution in [0, 0.1) is 41.2 Å². The first-order valence-corrected chi connectivity index (χ1v) is 15.7. The predicted molar refractivity (Wildman–Crippen MR) is 189 cm³/mol. The van der Waals surface area contributed by atoms with Gasteiger partial charge in [0.15, 0.2) is 0 Å². The molecule has 0 spiro atoms. The average molecular weight is 671 g/mol. The van der Waals surface area contributed by atoms with Crippen molar-refractivity contribution in [2.75, 3.05) is 7.11 Å². The molecule has 244 valence electrons. The zero-order valence-corrected chi connectivity index (χ0v) is 27.1. The highest BCUT2D eigenvalue weighted by atomic mass is 19.1. The third-order valence-electron chi connectivity index (χ3n) is 8.79. The Morgan fingerprint density at radius 1 is 0.667 bits per heavy atom. The predicted octanol–water partition coefficient (Wildman–Crippen LogP) is 6.76. The van der Waals surface area contributed by atoms with Gasteiger partial charge in [0.25, 0.3) is 0 Å². The summed E-state index contributed by atoms with van der Waals surface area (Å²) in [5.74, 6) is -0.240. The molecule has 11 heteroatoms. The molecule has 0 bridgehead atoms. The van der Waals surface area contributed by atoms with Crippen LogP contribution in [0.4, 0.5) is 8.78 Å². The zero-order chi connectivity index (χ0) is 35.2. The van der Waals surface area contributed by atoms with Crippen molar-refractivity contribution < 1.29 is 13.5 Å².